The zero-order valence-corrected chi connectivity index (χ0v) is 16.7. The Morgan fingerprint density at radius 1 is 1.32 bits per heavy atom. The van der Waals surface area contributed by atoms with E-state index in [0.717, 1.165) is 9.26 Å². The zero-order chi connectivity index (χ0) is 17.8. The molecule has 0 unspecified atom stereocenters. The van der Waals surface area contributed by atoms with Gasteiger partial charge in [0.25, 0.3) is 5.91 Å². The van der Waals surface area contributed by atoms with Crippen LogP contribution in [0.1, 0.15) is 12.2 Å². The van der Waals surface area contributed by atoms with E-state index in [4.69, 9.17) is 16.6 Å². The molecule has 0 radical (unpaired) electrons. The van der Waals surface area contributed by atoms with Gasteiger partial charge in [0.15, 0.2) is 0 Å². The standard InChI is InChI=1S/C17H13IN2O3S2/c18-11-3-5-12(6-4-11)19-15(21)7-8-20-16(22)14(25-17(20)24)10-13-2-1-9-23-13/h1-6,9-10H,7-8H2,(H,19,21)/b14-10+. The summed E-state index contributed by atoms with van der Waals surface area (Å²) in [6.07, 6.45) is 3.37. The fourth-order valence-corrected chi connectivity index (χ4v) is 3.81. The van der Waals surface area contributed by atoms with Gasteiger partial charge in [0.2, 0.25) is 5.91 Å². The number of anilines is 1. The molecule has 1 aliphatic heterocycles. The van der Waals surface area contributed by atoms with Gasteiger partial charge in [0.05, 0.1) is 11.2 Å². The molecule has 0 saturated carbocycles. The second kappa shape index (κ2) is 8.15. The van der Waals surface area contributed by atoms with Crippen molar-refractivity contribution in [1.29, 1.82) is 0 Å². The highest BCUT2D eigenvalue weighted by Crippen LogP contribution is 2.32. The first kappa shape index (κ1) is 18.2. The Labute approximate surface area is 168 Å². The number of amides is 2. The number of hydrogen-bond donors (Lipinski definition) is 1. The normalized spacial score (nSPS) is 15.9. The third-order valence-corrected chi connectivity index (χ3v) is 5.48. The van der Waals surface area contributed by atoms with Crippen LogP contribution in [0.2, 0.25) is 0 Å². The van der Waals surface area contributed by atoms with Crippen molar-refractivity contribution in [3.05, 3.63) is 56.9 Å². The van der Waals surface area contributed by atoms with Gasteiger partial charge in [0, 0.05) is 28.3 Å². The van der Waals surface area contributed by atoms with Gasteiger partial charge in [-0.1, -0.05) is 24.0 Å². The quantitative estimate of drug-likeness (QED) is 0.393. The van der Waals surface area contributed by atoms with Crippen molar-refractivity contribution >= 4 is 74.5 Å². The molecule has 2 amide bonds. The Morgan fingerprint density at radius 2 is 2.08 bits per heavy atom. The lowest BCUT2D eigenvalue weighted by atomic mass is 10.3. The minimum absolute atomic E-state index is 0.162. The molecular weight excluding hydrogens is 471 g/mol. The van der Waals surface area contributed by atoms with Crippen LogP contribution in [0, 0.1) is 3.57 Å². The third-order valence-electron chi connectivity index (χ3n) is 3.38. The minimum Gasteiger partial charge on any atom is -0.465 e. The second-order valence-electron chi connectivity index (χ2n) is 5.15. The number of rotatable bonds is 5. The summed E-state index contributed by atoms with van der Waals surface area (Å²) in [5.41, 5.74) is 0.730. The maximum absolute atomic E-state index is 12.4. The summed E-state index contributed by atoms with van der Waals surface area (Å²) in [5.74, 6) is 0.232. The minimum atomic E-state index is -0.200. The molecule has 1 fully saturated rings. The fourth-order valence-electron chi connectivity index (χ4n) is 2.17. The van der Waals surface area contributed by atoms with Crippen LogP contribution in [0.4, 0.5) is 5.69 Å². The van der Waals surface area contributed by atoms with E-state index in [1.165, 1.54) is 16.7 Å². The molecular formula is C17H13IN2O3S2. The molecule has 0 atom stereocenters. The number of carbonyl (C=O) groups excluding carboxylic acids is 2. The topological polar surface area (TPSA) is 62.6 Å². The van der Waals surface area contributed by atoms with Crippen molar-refractivity contribution in [3.63, 3.8) is 0 Å². The van der Waals surface area contributed by atoms with E-state index < -0.39 is 0 Å². The summed E-state index contributed by atoms with van der Waals surface area (Å²) >= 11 is 8.66. The first-order chi connectivity index (χ1) is 12.0. The van der Waals surface area contributed by atoms with Gasteiger partial charge in [-0.15, -0.1) is 0 Å². The first-order valence-electron chi connectivity index (χ1n) is 7.37. The Bertz CT molecular complexity index is 832. The molecule has 1 aliphatic rings. The Kier molecular flexibility index (Phi) is 5.92. The molecule has 8 heteroatoms. The molecule has 1 aromatic heterocycles. The average Bonchev–Trinajstić information content (AvgIpc) is 3.18. The molecule has 1 aromatic carbocycles. The first-order valence-corrected chi connectivity index (χ1v) is 9.67. The number of halogens is 1. The molecule has 128 valence electrons. The number of thioether (sulfide) groups is 1. The van der Waals surface area contributed by atoms with E-state index in [1.807, 2.05) is 24.3 Å². The number of thiocarbonyl (C=S) groups is 1. The van der Waals surface area contributed by atoms with Crippen LogP contribution in [0.25, 0.3) is 6.08 Å². The molecule has 5 nitrogen and oxygen atoms in total. The van der Waals surface area contributed by atoms with E-state index in [2.05, 4.69) is 27.9 Å². The Balaban J connectivity index is 1.57. The average molecular weight is 484 g/mol. The van der Waals surface area contributed by atoms with Crippen molar-refractivity contribution in [1.82, 2.24) is 4.90 Å². The van der Waals surface area contributed by atoms with Gasteiger partial charge < -0.3 is 9.73 Å². The van der Waals surface area contributed by atoms with Crippen molar-refractivity contribution in [3.8, 4) is 0 Å². The predicted octanol–water partition coefficient (Wildman–Crippen LogP) is 4.11. The van der Waals surface area contributed by atoms with Crippen molar-refractivity contribution in [2.45, 2.75) is 6.42 Å². The molecule has 1 N–H and O–H groups in total. The van der Waals surface area contributed by atoms with E-state index in [9.17, 15) is 9.59 Å². The molecule has 25 heavy (non-hydrogen) atoms. The highest BCUT2D eigenvalue weighted by atomic mass is 127. The zero-order valence-electron chi connectivity index (χ0n) is 12.9. The molecule has 2 heterocycles. The lowest BCUT2D eigenvalue weighted by Gasteiger charge is -2.14. The van der Waals surface area contributed by atoms with Crippen LogP contribution in [0.5, 0.6) is 0 Å². The van der Waals surface area contributed by atoms with Crippen molar-refractivity contribution < 1.29 is 14.0 Å². The van der Waals surface area contributed by atoms with Crippen molar-refractivity contribution in [2.75, 3.05) is 11.9 Å². The van der Waals surface area contributed by atoms with Crippen LogP contribution in [0.15, 0.2) is 52.0 Å². The Morgan fingerprint density at radius 3 is 2.76 bits per heavy atom. The van der Waals surface area contributed by atoms with Gasteiger partial charge >= 0.3 is 0 Å². The number of benzene rings is 1. The summed E-state index contributed by atoms with van der Waals surface area (Å²) in [4.78, 5) is 26.4. The third kappa shape index (κ3) is 4.71. The van der Waals surface area contributed by atoms with Crippen LogP contribution in [-0.2, 0) is 9.59 Å². The highest BCUT2D eigenvalue weighted by Gasteiger charge is 2.32. The summed E-state index contributed by atoms with van der Waals surface area (Å²) in [6.45, 7) is 0.246. The van der Waals surface area contributed by atoms with E-state index in [-0.39, 0.29) is 24.8 Å². The number of carbonyl (C=O) groups is 2. The molecule has 2 aromatic rings. The lowest BCUT2D eigenvalue weighted by molar-refractivity contribution is -0.122. The van der Waals surface area contributed by atoms with Gasteiger partial charge in [-0.05, 0) is 59.0 Å². The summed E-state index contributed by atoms with van der Waals surface area (Å²) in [6, 6.07) is 11.0. The van der Waals surface area contributed by atoms with E-state index in [1.54, 1.807) is 24.5 Å². The molecule has 0 bridgehead atoms. The van der Waals surface area contributed by atoms with E-state index in [0.29, 0.717) is 15.0 Å². The Hall–Kier alpha value is -1.65. The smallest absolute Gasteiger partial charge is 0.266 e. The van der Waals surface area contributed by atoms with Gasteiger partial charge in [-0.25, -0.2) is 0 Å². The molecule has 1 saturated heterocycles. The highest BCUT2D eigenvalue weighted by molar-refractivity contribution is 14.1. The van der Waals surface area contributed by atoms with E-state index >= 15 is 0 Å². The summed E-state index contributed by atoms with van der Waals surface area (Å²) in [7, 11) is 0. The maximum atomic E-state index is 12.4. The summed E-state index contributed by atoms with van der Waals surface area (Å²) < 4.78 is 6.76. The summed E-state index contributed by atoms with van der Waals surface area (Å²) in [5, 5.41) is 2.81. The lowest BCUT2D eigenvalue weighted by Crippen LogP contribution is -2.31. The number of nitrogens with one attached hydrogen (secondary N) is 1. The van der Waals surface area contributed by atoms with Gasteiger partial charge in [0.1, 0.15) is 10.1 Å². The maximum Gasteiger partial charge on any atom is 0.266 e. The van der Waals surface area contributed by atoms with Gasteiger partial charge in [-0.2, -0.15) is 0 Å². The number of hydrogen-bond acceptors (Lipinski definition) is 5. The largest absolute Gasteiger partial charge is 0.465 e. The SMILES string of the molecule is O=C(CCN1C(=O)/C(=C\c2ccco2)SC1=S)Nc1ccc(I)cc1. The second-order valence-corrected chi connectivity index (χ2v) is 8.08. The van der Waals surface area contributed by atoms with Crippen LogP contribution in [0.3, 0.4) is 0 Å². The monoisotopic (exact) mass is 484 g/mol. The molecule has 3 rings (SSSR count). The van der Waals surface area contributed by atoms with Crippen molar-refractivity contribution in [2.24, 2.45) is 0 Å². The number of nitrogens with zero attached hydrogens (tertiary/aromatic N) is 1. The number of furan rings is 1. The van der Waals surface area contributed by atoms with Crippen LogP contribution >= 0.6 is 46.6 Å². The molecule has 0 spiro atoms. The van der Waals surface area contributed by atoms with Gasteiger partial charge in [-0.3, -0.25) is 14.5 Å². The fraction of sp³-hybridized carbons (Fsp3) is 0.118. The molecule has 0 aliphatic carbocycles. The predicted molar refractivity (Wildman–Crippen MR) is 111 cm³/mol. The van der Waals surface area contributed by atoms with Crippen LogP contribution in [-0.4, -0.2) is 27.6 Å². The van der Waals surface area contributed by atoms with Crippen LogP contribution < -0.4 is 5.32 Å².